The molecule has 1 spiro atoms. The molecule has 1 atom stereocenters. The average Bonchev–Trinajstić information content (AvgIpc) is 2.55. The molecule has 0 saturated carbocycles. The summed E-state index contributed by atoms with van der Waals surface area (Å²) in [4.78, 5) is 13.5. The lowest BCUT2D eigenvalue weighted by Crippen LogP contribution is -2.68. The normalized spacial score (nSPS) is 27.1. The molecule has 5 nitrogen and oxygen atoms in total. The van der Waals surface area contributed by atoms with Crippen LogP contribution in [-0.2, 0) is 14.2 Å². The highest BCUT2D eigenvalue weighted by Crippen LogP contribution is 2.37. The third kappa shape index (κ3) is 2.40. The molecule has 0 aromatic heterocycles. The van der Waals surface area contributed by atoms with Gasteiger partial charge in [-0.05, 0) is 27.2 Å². The van der Waals surface area contributed by atoms with E-state index in [1.165, 1.54) is 0 Å². The zero-order valence-corrected chi connectivity index (χ0v) is 11.0. The van der Waals surface area contributed by atoms with Gasteiger partial charge in [0.1, 0.15) is 11.2 Å². The van der Waals surface area contributed by atoms with Gasteiger partial charge in [-0.3, -0.25) is 0 Å². The van der Waals surface area contributed by atoms with Crippen molar-refractivity contribution in [3.8, 4) is 0 Å². The maximum absolute atomic E-state index is 11.8. The minimum absolute atomic E-state index is 0.0983. The van der Waals surface area contributed by atoms with E-state index in [2.05, 4.69) is 0 Å². The largest absolute Gasteiger partial charge is 0.444 e. The summed E-state index contributed by atoms with van der Waals surface area (Å²) in [7, 11) is 1.69. The monoisotopic (exact) mass is 243 g/mol. The molecular weight excluding hydrogens is 222 g/mol. The molecule has 0 radical (unpaired) electrons. The number of rotatable bonds is 1. The van der Waals surface area contributed by atoms with Gasteiger partial charge in [0.15, 0.2) is 0 Å². The Bertz CT molecular complexity index is 304. The van der Waals surface area contributed by atoms with Crippen molar-refractivity contribution in [2.24, 2.45) is 0 Å². The maximum Gasteiger partial charge on any atom is 0.410 e. The lowest BCUT2D eigenvalue weighted by atomic mass is 9.88. The maximum atomic E-state index is 11.8. The molecule has 0 aromatic rings. The molecule has 0 bridgehead atoms. The lowest BCUT2D eigenvalue weighted by molar-refractivity contribution is -0.155. The fourth-order valence-corrected chi connectivity index (χ4v) is 2.41. The van der Waals surface area contributed by atoms with Crippen molar-refractivity contribution in [2.45, 2.75) is 44.5 Å². The quantitative estimate of drug-likeness (QED) is 0.698. The third-order valence-electron chi connectivity index (χ3n) is 3.21. The first-order chi connectivity index (χ1) is 7.86. The van der Waals surface area contributed by atoms with Crippen LogP contribution in [0.15, 0.2) is 0 Å². The van der Waals surface area contributed by atoms with Crippen LogP contribution in [0.25, 0.3) is 0 Å². The van der Waals surface area contributed by atoms with Gasteiger partial charge in [-0.15, -0.1) is 0 Å². The number of likely N-dealkylation sites (tertiary alicyclic amines) is 1. The highest BCUT2D eigenvalue weighted by molar-refractivity contribution is 5.69. The van der Waals surface area contributed by atoms with E-state index in [1.807, 2.05) is 20.8 Å². The molecule has 2 aliphatic heterocycles. The highest BCUT2D eigenvalue weighted by Gasteiger charge is 2.55. The Kier molecular flexibility index (Phi) is 3.08. The Balaban J connectivity index is 1.88. The number of carbonyl (C=O) groups is 1. The molecular formula is C12H21NO4. The number of carbonyl (C=O) groups excluding carboxylic acids is 1. The van der Waals surface area contributed by atoms with Gasteiger partial charge in [0.25, 0.3) is 0 Å². The molecule has 1 amide bonds. The van der Waals surface area contributed by atoms with Crippen molar-refractivity contribution in [1.82, 2.24) is 4.90 Å². The second-order valence-electron chi connectivity index (χ2n) is 5.76. The van der Waals surface area contributed by atoms with Crippen LogP contribution < -0.4 is 0 Å². The average molecular weight is 243 g/mol. The number of nitrogens with zero attached hydrogens (tertiary/aromatic N) is 1. The first-order valence-corrected chi connectivity index (χ1v) is 6.01. The number of methoxy groups -OCH3 is 1. The smallest absolute Gasteiger partial charge is 0.410 e. The van der Waals surface area contributed by atoms with Gasteiger partial charge in [0.05, 0.1) is 25.8 Å². The number of hydrogen-bond donors (Lipinski definition) is 0. The lowest BCUT2D eigenvalue weighted by Gasteiger charge is -2.49. The summed E-state index contributed by atoms with van der Waals surface area (Å²) < 4.78 is 16.4. The molecule has 2 heterocycles. The Morgan fingerprint density at radius 2 is 2.06 bits per heavy atom. The van der Waals surface area contributed by atoms with Crippen molar-refractivity contribution >= 4 is 6.09 Å². The van der Waals surface area contributed by atoms with E-state index in [0.29, 0.717) is 19.7 Å². The summed E-state index contributed by atoms with van der Waals surface area (Å²) in [5.41, 5.74) is -0.733. The molecule has 0 unspecified atom stereocenters. The first-order valence-electron chi connectivity index (χ1n) is 6.01. The van der Waals surface area contributed by atoms with Crippen molar-refractivity contribution < 1.29 is 19.0 Å². The Morgan fingerprint density at radius 3 is 2.59 bits per heavy atom. The van der Waals surface area contributed by atoms with Gasteiger partial charge in [0, 0.05) is 7.11 Å². The molecule has 2 fully saturated rings. The molecule has 2 aliphatic rings. The van der Waals surface area contributed by atoms with Crippen LogP contribution in [0.3, 0.4) is 0 Å². The van der Waals surface area contributed by atoms with Gasteiger partial charge < -0.3 is 19.1 Å². The number of ether oxygens (including phenoxy) is 3. The minimum atomic E-state index is -0.447. The summed E-state index contributed by atoms with van der Waals surface area (Å²) >= 11 is 0. The van der Waals surface area contributed by atoms with Crippen LogP contribution in [0.4, 0.5) is 4.79 Å². The topological polar surface area (TPSA) is 48.0 Å². The third-order valence-corrected chi connectivity index (χ3v) is 3.21. The van der Waals surface area contributed by atoms with E-state index in [4.69, 9.17) is 14.2 Å². The summed E-state index contributed by atoms with van der Waals surface area (Å²) in [6.45, 7) is 7.45. The summed E-state index contributed by atoms with van der Waals surface area (Å²) in [6.07, 6.45) is 0.730. The molecule has 17 heavy (non-hydrogen) atoms. The Labute approximate surface area is 102 Å². The summed E-state index contributed by atoms with van der Waals surface area (Å²) in [5, 5.41) is 0. The van der Waals surface area contributed by atoms with E-state index in [1.54, 1.807) is 12.0 Å². The molecule has 0 N–H and O–H groups in total. The van der Waals surface area contributed by atoms with Crippen LogP contribution in [-0.4, -0.2) is 55.1 Å². The van der Waals surface area contributed by atoms with Crippen LogP contribution in [0, 0.1) is 0 Å². The minimum Gasteiger partial charge on any atom is -0.444 e. The van der Waals surface area contributed by atoms with E-state index in [9.17, 15) is 4.79 Å². The van der Waals surface area contributed by atoms with Crippen molar-refractivity contribution in [3.63, 3.8) is 0 Å². The Morgan fingerprint density at radius 1 is 1.41 bits per heavy atom. The van der Waals surface area contributed by atoms with Gasteiger partial charge in [-0.25, -0.2) is 4.79 Å². The zero-order chi connectivity index (χ0) is 12.7. The molecule has 2 rings (SSSR count). The van der Waals surface area contributed by atoms with E-state index in [0.717, 1.165) is 6.42 Å². The predicted octanol–water partition coefficient (Wildman–Crippen LogP) is 1.41. The Hall–Kier alpha value is -0.810. The van der Waals surface area contributed by atoms with Crippen molar-refractivity contribution in [2.75, 3.05) is 26.8 Å². The van der Waals surface area contributed by atoms with Crippen molar-refractivity contribution in [3.05, 3.63) is 0 Å². The van der Waals surface area contributed by atoms with E-state index < -0.39 is 5.60 Å². The number of amides is 1. The van der Waals surface area contributed by atoms with Gasteiger partial charge >= 0.3 is 6.09 Å². The van der Waals surface area contributed by atoms with Gasteiger partial charge in [-0.1, -0.05) is 0 Å². The molecule has 0 aliphatic carbocycles. The standard InChI is InChI=1S/C12H21NO4/c1-11(2,3)17-10(14)13-7-12(8-13)9(15-4)5-6-16-12/h9H,5-8H2,1-4H3/t9-/m1/s1. The summed E-state index contributed by atoms with van der Waals surface area (Å²) in [6, 6.07) is 0. The molecule has 0 aromatic carbocycles. The fraction of sp³-hybridized carbons (Fsp3) is 0.917. The van der Waals surface area contributed by atoms with E-state index >= 15 is 0 Å². The zero-order valence-electron chi connectivity index (χ0n) is 11.0. The SMILES string of the molecule is CO[C@@H]1CCOC12CN(C(=O)OC(C)(C)C)C2. The van der Waals surface area contributed by atoms with Crippen LogP contribution in [0.1, 0.15) is 27.2 Å². The van der Waals surface area contributed by atoms with Gasteiger partial charge in [-0.2, -0.15) is 0 Å². The van der Waals surface area contributed by atoms with E-state index in [-0.39, 0.29) is 17.8 Å². The van der Waals surface area contributed by atoms with Crippen molar-refractivity contribution in [1.29, 1.82) is 0 Å². The summed E-state index contributed by atoms with van der Waals surface area (Å²) in [5.74, 6) is 0. The van der Waals surface area contributed by atoms with Crippen LogP contribution >= 0.6 is 0 Å². The highest BCUT2D eigenvalue weighted by atomic mass is 16.6. The second-order valence-corrected chi connectivity index (χ2v) is 5.76. The molecule has 5 heteroatoms. The first kappa shape index (κ1) is 12.6. The van der Waals surface area contributed by atoms with Crippen LogP contribution in [0.5, 0.6) is 0 Å². The second kappa shape index (κ2) is 4.14. The predicted molar refractivity (Wildman–Crippen MR) is 61.9 cm³/mol. The molecule has 2 saturated heterocycles. The number of hydrogen-bond acceptors (Lipinski definition) is 4. The molecule has 98 valence electrons. The fourth-order valence-electron chi connectivity index (χ4n) is 2.41. The van der Waals surface area contributed by atoms with Crippen LogP contribution in [0.2, 0.25) is 0 Å². The van der Waals surface area contributed by atoms with Gasteiger partial charge in [0.2, 0.25) is 0 Å².